The highest BCUT2D eigenvalue weighted by Gasteiger charge is 2.25. The molecule has 1 amide bonds. The normalized spacial score (nSPS) is 15.9. The van der Waals surface area contributed by atoms with E-state index >= 15 is 0 Å². The van der Waals surface area contributed by atoms with E-state index in [0.717, 1.165) is 35.5 Å². The molecular formula is C16H23N3O3S. The molecule has 3 N–H and O–H groups in total. The van der Waals surface area contributed by atoms with Crippen LogP contribution in [0.4, 0.5) is 5.69 Å². The third-order valence-corrected chi connectivity index (χ3v) is 4.85. The van der Waals surface area contributed by atoms with Crippen LogP contribution in [0.15, 0.2) is 23.1 Å². The van der Waals surface area contributed by atoms with Crippen LogP contribution < -0.4 is 14.9 Å². The van der Waals surface area contributed by atoms with Crippen LogP contribution in [0.2, 0.25) is 0 Å². The van der Waals surface area contributed by atoms with Gasteiger partial charge >= 0.3 is 5.97 Å². The molecule has 0 aromatic heterocycles. The number of nitrogens with one attached hydrogen (secondary N) is 2. The highest BCUT2D eigenvalue weighted by Crippen LogP contribution is 2.32. The summed E-state index contributed by atoms with van der Waals surface area (Å²) in [5.74, 6) is -0.732. The fourth-order valence-electron chi connectivity index (χ4n) is 2.68. The number of carbonyl (C=O) groups is 2. The topological polar surface area (TPSA) is 81.7 Å². The van der Waals surface area contributed by atoms with Crippen molar-refractivity contribution >= 4 is 29.5 Å². The average Bonchev–Trinajstić information content (AvgIpc) is 2.96. The summed E-state index contributed by atoms with van der Waals surface area (Å²) < 4.78 is 2.99. The summed E-state index contributed by atoms with van der Waals surface area (Å²) in [6.45, 7) is 3.14. The van der Waals surface area contributed by atoms with E-state index in [4.69, 9.17) is 0 Å². The van der Waals surface area contributed by atoms with Crippen molar-refractivity contribution in [1.29, 1.82) is 0 Å². The van der Waals surface area contributed by atoms with Gasteiger partial charge in [0.15, 0.2) is 0 Å². The van der Waals surface area contributed by atoms with Gasteiger partial charge in [0.05, 0.1) is 0 Å². The lowest BCUT2D eigenvalue weighted by atomic mass is 10.1. The molecule has 7 heteroatoms. The van der Waals surface area contributed by atoms with Crippen molar-refractivity contribution in [2.24, 2.45) is 0 Å². The molecule has 0 spiro atoms. The molecule has 1 atom stereocenters. The molecule has 23 heavy (non-hydrogen) atoms. The van der Waals surface area contributed by atoms with Gasteiger partial charge in [-0.05, 0) is 49.5 Å². The van der Waals surface area contributed by atoms with Gasteiger partial charge in [-0.2, -0.15) is 0 Å². The molecular weight excluding hydrogens is 314 g/mol. The molecule has 6 nitrogen and oxygen atoms in total. The molecule has 1 saturated heterocycles. The number of hydrogen-bond acceptors (Lipinski definition) is 5. The molecule has 0 aliphatic carbocycles. The molecule has 0 radical (unpaired) electrons. The van der Waals surface area contributed by atoms with Crippen LogP contribution in [0.3, 0.4) is 0 Å². The van der Waals surface area contributed by atoms with Crippen molar-refractivity contribution in [3.05, 3.63) is 23.8 Å². The number of anilines is 1. The Morgan fingerprint density at radius 1 is 1.48 bits per heavy atom. The maximum absolute atomic E-state index is 12.0. The molecule has 1 aromatic carbocycles. The van der Waals surface area contributed by atoms with E-state index in [9.17, 15) is 14.7 Å². The molecule has 0 saturated carbocycles. The smallest absolute Gasteiger partial charge is 0.322 e. The second kappa shape index (κ2) is 8.33. The van der Waals surface area contributed by atoms with E-state index in [1.54, 1.807) is 7.05 Å². The Balaban J connectivity index is 2.18. The SMILES string of the molecule is CCc1c(SN[C@@H](CNC)C(=O)O)cccc1N1CCCC1=O. The first-order valence-electron chi connectivity index (χ1n) is 7.80. The minimum atomic E-state index is -0.893. The number of aliphatic carboxylic acids is 1. The largest absolute Gasteiger partial charge is 0.480 e. The van der Waals surface area contributed by atoms with Gasteiger partial charge in [0.1, 0.15) is 6.04 Å². The monoisotopic (exact) mass is 337 g/mol. The van der Waals surface area contributed by atoms with E-state index < -0.39 is 12.0 Å². The zero-order chi connectivity index (χ0) is 16.8. The second-order valence-corrected chi connectivity index (χ2v) is 6.30. The van der Waals surface area contributed by atoms with E-state index in [2.05, 4.69) is 10.0 Å². The van der Waals surface area contributed by atoms with Crippen molar-refractivity contribution < 1.29 is 14.7 Å². The van der Waals surface area contributed by atoms with Crippen LogP contribution in [0.25, 0.3) is 0 Å². The van der Waals surface area contributed by atoms with Gasteiger partial charge in [0, 0.05) is 30.1 Å². The highest BCUT2D eigenvalue weighted by atomic mass is 32.2. The maximum Gasteiger partial charge on any atom is 0.322 e. The standard InChI is InChI=1S/C16H23N3O3S/c1-3-11-13(19-9-5-8-15(19)20)6-4-7-14(11)23-18-12(10-17-2)16(21)22/h4,6-7,12,17-18H,3,5,8-10H2,1-2H3,(H,21,22)/t12-/m0/s1. The first-order chi connectivity index (χ1) is 11.1. The molecule has 1 fully saturated rings. The van der Waals surface area contributed by atoms with E-state index in [1.165, 1.54) is 11.9 Å². The van der Waals surface area contributed by atoms with Gasteiger partial charge in [-0.15, -0.1) is 0 Å². The van der Waals surface area contributed by atoms with E-state index in [1.807, 2.05) is 30.0 Å². The van der Waals surface area contributed by atoms with Gasteiger partial charge in [0.25, 0.3) is 0 Å². The number of nitrogens with zero attached hydrogens (tertiary/aromatic N) is 1. The lowest BCUT2D eigenvalue weighted by molar-refractivity contribution is -0.138. The van der Waals surface area contributed by atoms with Crippen LogP contribution >= 0.6 is 11.9 Å². The van der Waals surface area contributed by atoms with Crippen molar-refractivity contribution in [1.82, 2.24) is 10.0 Å². The third kappa shape index (κ3) is 4.25. The van der Waals surface area contributed by atoms with Crippen LogP contribution in [0.1, 0.15) is 25.3 Å². The molecule has 1 heterocycles. The number of hydrogen-bond donors (Lipinski definition) is 3. The van der Waals surface area contributed by atoms with Gasteiger partial charge in [-0.25, -0.2) is 4.72 Å². The lowest BCUT2D eigenvalue weighted by Gasteiger charge is -2.22. The van der Waals surface area contributed by atoms with Crippen molar-refractivity contribution in [2.45, 2.75) is 37.1 Å². The molecule has 0 unspecified atom stereocenters. The number of benzene rings is 1. The summed E-state index contributed by atoms with van der Waals surface area (Å²) in [7, 11) is 1.72. The average molecular weight is 337 g/mol. The van der Waals surface area contributed by atoms with Crippen molar-refractivity contribution in [2.75, 3.05) is 25.0 Å². The number of amides is 1. The minimum Gasteiger partial charge on any atom is -0.480 e. The molecule has 1 aromatic rings. The van der Waals surface area contributed by atoms with Gasteiger partial charge in [0.2, 0.25) is 5.91 Å². The van der Waals surface area contributed by atoms with Crippen LogP contribution in [0.5, 0.6) is 0 Å². The number of carboxylic acids is 1. The third-order valence-electron chi connectivity index (χ3n) is 3.84. The Labute approximate surface area is 140 Å². The Morgan fingerprint density at radius 2 is 2.26 bits per heavy atom. The van der Waals surface area contributed by atoms with Gasteiger partial charge < -0.3 is 15.3 Å². The first kappa shape index (κ1) is 17.8. The summed E-state index contributed by atoms with van der Waals surface area (Å²) in [5.41, 5.74) is 2.02. The molecule has 2 rings (SSSR count). The fourth-order valence-corrected chi connectivity index (χ4v) is 3.65. The van der Waals surface area contributed by atoms with E-state index in [-0.39, 0.29) is 5.91 Å². The Morgan fingerprint density at radius 3 is 2.83 bits per heavy atom. The number of likely N-dealkylation sites (N-methyl/N-ethyl adjacent to an activating group) is 1. The maximum atomic E-state index is 12.0. The van der Waals surface area contributed by atoms with E-state index in [0.29, 0.717) is 13.0 Å². The predicted octanol–water partition coefficient (Wildman–Crippen LogP) is 1.65. The molecule has 1 aliphatic rings. The van der Waals surface area contributed by atoms with Gasteiger partial charge in [-0.1, -0.05) is 13.0 Å². The zero-order valence-corrected chi connectivity index (χ0v) is 14.3. The zero-order valence-electron chi connectivity index (χ0n) is 13.5. The summed E-state index contributed by atoms with van der Waals surface area (Å²) in [5, 5.41) is 12.1. The lowest BCUT2D eigenvalue weighted by Crippen LogP contribution is -2.40. The van der Waals surface area contributed by atoms with Crippen molar-refractivity contribution in [3.63, 3.8) is 0 Å². The van der Waals surface area contributed by atoms with Crippen LogP contribution in [-0.4, -0.2) is 43.2 Å². The number of carboxylic acid groups (broad SMARTS) is 1. The molecule has 0 bridgehead atoms. The number of rotatable bonds is 8. The van der Waals surface area contributed by atoms with Crippen LogP contribution in [0, 0.1) is 0 Å². The Hall–Kier alpha value is -1.57. The second-order valence-electron chi connectivity index (χ2n) is 5.42. The quantitative estimate of drug-likeness (QED) is 0.626. The fraction of sp³-hybridized carbons (Fsp3) is 0.500. The Bertz CT molecular complexity index is 580. The first-order valence-corrected chi connectivity index (χ1v) is 8.62. The highest BCUT2D eigenvalue weighted by molar-refractivity contribution is 7.97. The molecule has 1 aliphatic heterocycles. The summed E-state index contributed by atoms with van der Waals surface area (Å²) >= 11 is 1.31. The summed E-state index contributed by atoms with van der Waals surface area (Å²) in [4.78, 5) is 26.0. The molecule has 126 valence electrons. The van der Waals surface area contributed by atoms with Gasteiger partial charge in [-0.3, -0.25) is 9.59 Å². The minimum absolute atomic E-state index is 0.161. The number of carbonyl (C=O) groups excluding carboxylic acids is 1. The van der Waals surface area contributed by atoms with Crippen LogP contribution in [-0.2, 0) is 16.0 Å². The summed E-state index contributed by atoms with van der Waals surface area (Å²) in [6.07, 6.45) is 2.27. The Kier molecular flexibility index (Phi) is 6.44. The predicted molar refractivity (Wildman–Crippen MR) is 91.8 cm³/mol. The summed E-state index contributed by atoms with van der Waals surface area (Å²) in [6, 6.07) is 5.16. The van der Waals surface area contributed by atoms with Crippen molar-refractivity contribution in [3.8, 4) is 0 Å².